The van der Waals surface area contributed by atoms with Crippen LogP contribution in [0.1, 0.15) is 11.3 Å². The average Bonchev–Trinajstić information content (AvgIpc) is 2.55. The molecule has 1 heterocycles. The molecular weight excluding hydrogens is 323 g/mol. The van der Waals surface area contributed by atoms with Crippen molar-refractivity contribution in [2.75, 3.05) is 18.2 Å². The van der Waals surface area contributed by atoms with E-state index in [1.54, 1.807) is 12.3 Å². The molecule has 0 aliphatic heterocycles. The first-order valence-electron chi connectivity index (χ1n) is 7.64. The maximum Gasteiger partial charge on any atom is 0.124 e. The predicted octanol–water partition coefficient (Wildman–Crippen LogP) is 4.06. The summed E-state index contributed by atoms with van der Waals surface area (Å²) in [6, 6.07) is 14.4. The highest BCUT2D eigenvalue weighted by molar-refractivity contribution is 7.84. The molecule has 3 aromatic rings. The zero-order chi connectivity index (χ0) is 17.3. The second kappa shape index (κ2) is 6.69. The second-order valence-electron chi connectivity index (χ2n) is 5.90. The van der Waals surface area contributed by atoms with Gasteiger partial charge in [-0.25, -0.2) is 4.39 Å². The minimum atomic E-state index is -0.974. The summed E-state index contributed by atoms with van der Waals surface area (Å²) >= 11 is 0. The lowest BCUT2D eigenvalue weighted by Gasteiger charge is -2.22. The highest BCUT2D eigenvalue weighted by Crippen LogP contribution is 2.28. The molecule has 124 valence electrons. The second-order valence-corrected chi connectivity index (χ2v) is 7.28. The Kier molecular flexibility index (Phi) is 4.62. The number of benzene rings is 2. The van der Waals surface area contributed by atoms with Crippen LogP contribution < -0.4 is 4.90 Å². The summed E-state index contributed by atoms with van der Waals surface area (Å²) in [5.41, 5.74) is 3.73. The number of anilines is 1. The monoisotopic (exact) mass is 342 g/mol. The molecule has 3 nitrogen and oxygen atoms in total. The van der Waals surface area contributed by atoms with Crippen molar-refractivity contribution >= 4 is 27.4 Å². The molecule has 0 N–H and O–H groups in total. The molecule has 0 aliphatic carbocycles. The lowest BCUT2D eigenvalue weighted by Crippen LogP contribution is -2.17. The molecular formula is C19H19FN2OS. The Hall–Kier alpha value is -2.27. The largest absolute Gasteiger partial charge is 0.370 e. The van der Waals surface area contributed by atoms with Gasteiger partial charge < -0.3 is 4.90 Å². The third kappa shape index (κ3) is 3.46. The minimum Gasteiger partial charge on any atom is -0.370 e. The minimum absolute atomic E-state index is 0.266. The molecule has 3 rings (SSSR count). The molecule has 24 heavy (non-hydrogen) atoms. The van der Waals surface area contributed by atoms with Gasteiger partial charge in [0.1, 0.15) is 5.82 Å². The summed E-state index contributed by atoms with van der Waals surface area (Å²) in [6.45, 7) is 2.61. The van der Waals surface area contributed by atoms with Crippen LogP contribution in [0.15, 0.2) is 53.4 Å². The fourth-order valence-corrected chi connectivity index (χ4v) is 3.29. The number of halogens is 1. The van der Waals surface area contributed by atoms with Crippen LogP contribution in [0.3, 0.4) is 0 Å². The van der Waals surface area contributed by atoms with Crippen molar-refractivity contribution < 1.29 is 8.60 Å². The quantitative estimate of drug-likeness (QED) is 0.717. The SMILES string of the molecule is Cc1cc(N(C)Cc2ccc(S(C)=O)cc2)c2cc(F)ccc2n1. The molecule has 5 heteroatoms. The van der Waals surface area contributed by atoms with Crippen molar-refractivity contribution in [3.05, 3.63) is 65.6 Å². The fourth-order valence-electron chi connectivity index (χ4n) is 2.77. The van der Waals surface area contributed by atoms with Gasteiger partial charge >= 0.3 is 0 Å². The normalized spacial score (nSPS) is 12.3. The lowest BCUT2D eigenvalue weighted by molar-refractivity contribution is 0.629. The maximum absolute atomic E-state index is 13.7. The summed E-state index contributed by atoms with van der Waals surface area (Å²) in [5.74, 6) is -0.266. The van der Waals surface area contributed by atoms with E-state index in [1.165, 1.54) is 12.1 Å². The molecule has 0 fully saturated rings. The molecule has 0 radical (unpaired) electrons. The van der Waals surface area contributed by atoms with E-state index >= 15 is 0 Å². The first-order chi connectivity index (χ1) is 11.4. The molecule has 1 unspecified atom stereocenters. The van der Waals surface area contributed by atoms with Crippen LogP contribution in [0.5, 0.6) is 0 Å². The predicted molar refractivity (Wildman–Crippen MR) is 97.3 cm³/mol. The maximum atomic E-state index is 13.7. The number of rotatable bonds is 4. The molecule has 0 spiro atoms. The van der Waals surface area contributed by atoms with Gasteiger partial charge in [0.25, 0.3) is 0 Å². The van der Waals surface area contributed by atoms with E-state index in [2.05, 4.69) is 9.88 Å². The number of pyridine rings is 1. The van der Waals surface area contributed by atoms with Gasteiger partial charge in [-0.15, -0.1) is 0 Å². The van der Waals surface area contributed by atoms with Crippen LogP contribution in [0, 0.1) is 12.7 Å². The standard InChI is InChI=1S/C19H19FN2OS/c1-13-10-19(17-11-15(20)6-9-18(17)21-13)22(2)12-14-4-7-16(8-5-14)24(3)23/h4-11H,12H2,1-3H3. The number of hydrogen-bond acceptors (Lipinski definition) is 3. The average molecular weight is 342 g/mol. The smallest absolute Gasteiger partial charge is 0.124 e. The fraction of sp³-hybridized carbons (Fsp3) is 0.211. The Morgan fingerprint density at radius 3 is 2.50 bits per heavy atom. The van der Waals surface area contributed by atoms with E-state index in [0.29, 0.717) is 6.54 Å². The van der Waals surface area contributed by atoms with Crippen LogP contribution in [0.25, 0.3) is 10.9 Å². The molecule has 2 aromatic carbocycles. The van der Waals surface area contributed by atoms with Gasteiger partial charge in [0, 0.05) is 52.3 Å². The molecule has 0 saturated carbocycles. The van der Waals surface area contributed by atoms with E-state index < -0.39 is 10.8 Å². The van der Waals surface area contributed by atoms with E-state index in [1.807, 2.05) is 44.3 Å². The molecule has 1 aromatic heterocycles. The number of hydrogen-bond donors (Lipinski definition) is 0. The Morgan fingerprint density at radius 2 is 1.83 bits per heavy atom. The third-order valence-electron chi connectivity index (χ3n) is 3.96. The molecule has 1 atom stereocenters. The summed E-state index contributed by atoms with van der Waals surface area (Å²) in [7, 11) is 1.00. The lowest BCUT2D eigenvalue weighted by atomic mass is 10.1. The Labute approximate surface area is 143 Å². The van der Waals surface area contributed by atoms with Gasteiger partial charge in [0.05, 0.1) is 5.52 Å². The summed E-state index contributed by atoms with van der Waals surface area (Å²) in [5, 5.41) is 0.800. The van der Waals surface area contributed by atoms with Crippen molar-refractivity contribution in [2.45, 2.75) is 18.4 Å². The highest BCUT2D eigenvalue weighted by Gasteiger charge is 2.10. The van der Waals surface area contributed by atoms with Crippen molar-refractivity contribution in [3.63, 3.8) is 0 Å². The van der Waals surface area contributed by atoms with Gasteiger partial charge in [-0.2, -0.15) is 0 Å². The Bertz CT molecular complexity index is 909. The zero-order valence-corrected chi connectivity index (χ0v) is 14.7. The topological polar surface area (TPSA) is 33.2 Å². The van der Waals surface area contributed by atoms with Crippen molar-refractivity contribution in [3.8, 4) is 0 Å². The van der Waals surface area contributed by atoms with Gasteiger partial charge in [0.2, 0.25) is 0 Å². The van der Waals surface area contributed by atoms with Gasteiger partial charge in [-0.1, -0.05) is 12.1 Å². The van der Waals surface area contributed by atoms with Crippen molar-refractivity contribution in [2.24, 2.45) is 0 Å². The van der Waals surface area contributed by atoms with E-state index in [4.69, 9.17) is 0 Å². The summed E-state index contributed by atoms with van der Waals surface area (Å²) in [6.07, 6.45) is 1.67. The van der Waals surface area contributed by atoms with Gasteiger partial charge in [-0.05, 0) is 48.9 Å². The van der Waals surface area contributed by atoms with Crippen LogP contribution in [-0.2, 0) is 17.3 Å². The van der Waals surface area contributed by atoms with Gasteiger partial charge in [-0.3, -0.25) is 9.19 Å². The van der Waals surface area contributed by atoms with E-state index in [9.17, 15) is 8.60 Å². The van der Waals surface area contributed by atoms with E-state index in [-0.39, 0.29) is 5.82 Å². The number of aryl methyl sites for hydroxylation is 1. The Morgan fingerprint density at radius 1 is 1.12 bits per heavy atom. The summed E-state index contributed by atoms with van der Waals surface area (Å²) < 4.78 is 25.1. The van der Waals surface area contributed by atoms with Crippen LogP contribution in [0.2, 0.25) is 0 Å². The Balaban J connectivity index is 1.94. The number of aromatic nitrogens is 1. The van der Waals surface area contributed by atoms with E-state index in [0.717, 1.165) is 32.7 Å². The van der Waals surface area contributed by atoms with Gasteiger partial charge in [0.15, 0.2) is 0 Å². The first-order valence-corrected chi connectivity index (χ1v) is 9.20. The third-order valence-corrected chi connectivity index (χ3v) is 4.90. The zero-order valence-electron chi connectivity index (χ0n) is 13.9. The molecule has 0 aliphatic rings. The number of nitrogens with zero attached hydrogens (tertiary/aromatic N) is 2. The highest BCUT2D eigenvalue weighted by atomic mass is 32.2. The first kappa shape index (κ1) is 16.6. The summed E-state index contributed by atoms with van der Waals surface area (Å²) in [4.78, 5) is 7.36. The molecule has 0 bridgehead atoms. The van der Waals surface area contributed by atoms with Crippen LogP contribution >= 0.6 is 0 Å². The molecule has 0 saturated heterocycles. The van der Waals surface area contributed by atoms with Crippen molar-refractivity contribution in [1.29, 1.82) is 0 Å². The van der Waals surface area contributed by atoms with Crippen LogP contribution in [0.4, 0.5) is 10.1 Å². The van der Waals surface area contributed by atoms with Crippen molar-refractivity contribution in [1.82, 2.24) is 4.98 Å². The number of fused-ring (bicyclic) bond motifs is 1. The van der Waals surface area contributed by atoms with Crippen LogP contribution in [-0.4, -0.2) is 22.5 Å². The molecule has 0 amide bonds.